The van der Waals surface area contributed by atoms with E-state index in [-0.39, 0.29) is 4.99 Å². The van der Waals surface area contributed by atoms with Crippen LogP contribution in [0.15, 0.2) is 24.4 Å². The maximum absolute atomic E-state index is 11.6. The van der Waals surface area contributed by atoms with Crippen molar-refractivity contribution in [2.24, 2.45) is 5.73 Å². The summed E-state index contributed by atoms with van der Waals surface area (Å²) in [6.45, 7) is 2.03. The van der Waals surface area contributed by atoms with E-state index in [1.165, 1.54) is 0 Å². The Labute approximate surface area is 93.4 Å². The third-order valence-corrected chi connectivity index (χ3v) is 2.03. The van der Waals surface area contributed by atoms with E-state index in [1.54, 1.807) is 31.3 Å². The molecule has 1 aromatic heterocycles. The van der Waals surface area contributed by atoms with Crippen molar-refractivity contribution >= 4 is 23.2 Å². The second kappa shape index (κ2) is 5.41. The van der Waals surface area contributed by atoms with Crippen molar-refractivity contribution in [3.05, 3.63) is 30.1 Å². The molecule has 0 saturated heterocycles. The second-order valence-corrected chi connectivity index (χ2v) is 3.31. The molecule has 2 N–H and O–H groups in total. The summed E-state index contributed by atoms with van der Waals surface area (Å²) < 4.78 is 4.87. The fourth-order valence-electron chi connectivity index (χ4n) is 1.15. The van der Waals surface area contributed by atoms with Crippen molar-refractivity contribution in [1.82, 2.24) is 4.98 Å². The second-order valence-electron chi connectivity index (χ2n) is 2.84. The fraction of sp³-hybridized carbons (Fsp3) is 0.300. The number of thiocarbonyl (C=S) groups is 1. The fourth-order valence-corrected chi connectivity index (χ4v) is 1.37. The van der Waals surface area contributed by atoms with E-state index in [0.29, 0.717) is 12.3 Å². The van der Waals surface area contributed by atoms with Gasteiger partial charge >= 0.3 is 5.97 Å². The van der Waals surface area contributed by atoms with E-state index >= 15 is 0 Å². The SMILES string of the molecule is CCOC(=O)C(C(N)=S)c1ccccn1. The van der Waals surface area contributed by atoms with Crippen LogP contribution in [-0.2, 0) is 9.53 Å². The summed E-state index contributed by atoms with van der Waals surface area (Å²) in [6.07, 6.45) is 1.58. The molecule has 0 amide bonds. The van der Waals surface area contributed by atoms with Crippen LogP contribution < -0.4 is 5.73 Å². The van der Waals surface area contributed by atoms with Gasteiger partial charge < -0.3 is 10.5 Å². The molecular formula is C10H12N2O2S. The summed E-state index contributed by atoms with van der Waals surface area (Å²) in [5, 5.41) is 0. The van der Waals surface area contributed by atoms with Gasteiger partial charge in [0.05, 0.1) is 17.3 Å². The van der Waals surface area contributed by atoms with Crippen LogP contribution in [0.3, 0.4) is 0 Å². The molecule has 1 unspecified atom stereocenters. The number of carbonyl (C=O) groups is 1. The Hall–Kier alpha value is -1.49. The van der Waals surface area contributed by atoms with Gasteiger partial charge in [-0.2, -0.15) is 0 Å². The lowest BCUT2D eigenvalue weighted by molar-refractivity contribution is -0.143. The van der Waals surface area contributed by atoms with E-state index < -0.39 is 11.9 Å². The molecule has 0 radical (unpaired) electrons. The number of hydrogen-bond acceptors (Lipinski definition) is 4. The first-order valence-electron chi connectivity index (χ1n) is 4.53. The van der Waals surface area contributed by atoms with Gasteiger partial charge in [0.25, 0.3) is 0 Å². The van der Waals surface area contributed by atoms with Gasteiger partial charge in [0.15, 0.2) is 0 Å². The normalized spacial score (nSPS) is 11.8. The van der Waals surface area contributed by atoms with Crippen LogP contribution in [0.4, 0.5) is 0 Å². The van der Waals surface area contributed by atoms with Gasteiger partial charge in [-0.3, -0.25) is 9.78 Å². The molecule has 0 aliphatic heterocycles. The number of nitrogens with zero attached hydrogens (tertiary/aromatic N) is 1. The Kier molecular flexibility index (Phi) is 4.17. The summed E-state index contributed by atoms with van der Waals surface area (Å²) in [4.78, 5) is 15.7. The largest absolute Gasteiger partial charge is 0.465 e. The van der Waals surface area contributed by atoms with E-state index in [2.05, 4.69) is 4.98 Å². The van der Waals surface area contributed by atoms with Crippen LogP contribution in [-0.4, -0.2) is 22.5 Å². The van der Waals surface area contributed by atoms with Crippen molar-refractivity contribution in [3.8, 4) is 0 Å². The molecule has 1 atom stereocenters. The minimum absolute atomic E-state index is 0.0761. The van der Waals surface area contributed by atoms with E-state index in [0.717, 1.165) is 0 Å². The lowest BCUT2D eigenvalue weighted by Crippen LogP contribution is -2.29. The number of rotatable bonds is 4. The van der Waals surface area contributed by atoms with Crippen molar-refractivity contribution in [2.75, 3.05) is 6.61 Å². The van der Waals surface area contributed by atoms with Crippen molar-refractivity contribution in [1.29, 1.82) is 0 Å². The molecule has 15 heavy (non-hydrogen) atoms. The average Bonchev–Trinajstić information content (AvgIpc) is 2.19. The number of ether oxygens (including phenoxy) is 1. The minimum atomic E-state index is -0.749. The number of esters is 1. The molecule has 0 aliphatic rings. The zero-order valence-corrected chi connectivity index (χ0v) is 9.16. The zero-order chi connectivity index (χ0) is 11.3. The summed E-state index contributed by atoms with van der Waals surface area (Å²) >= 11 is 4.83. The van der Waals surface area contributed by atoms with Gasteiger partial charge in [-0.25, -0.2) is 0 Å². The third-order valence-electron chi connectivity index (χ3n) is 1.79. The van der Waals surface area contributed by atoms with Crippen molar-refractivity contribution < 1.29 is 9.53 Å². The monoisotopic (exact) mass is 224 g/mol. The summed E-state index contributed by atoms with van der Waals surface area (Å²) in [7, 11) is 0. The van der Waals surface area contributed by atoms with E-state index in [9.17, 15) is 4.79 Å². The highest BCUT2D eigenvalue weighted by Crippen LogP contribution is 2.15. The van der Waals surface area contributed by atoms with Gasteiger partial charge in [0.2, 0.25) is 0 Å². The van der Waals surface area contributed by atoms with Crippen LogP contribution >= 0.6 is 12.2 Å². The van der Waals surface area contributed by atoms with Crippen molar-refractivity contribution in [2.45, 2.75) is 12.8 Å². The molecule has 0 fully saturated rings. The molecule has 0 saturated carbocycles. The topological polar surface area (TPSA) is 65.2 Å². The Morgan fingerprint density at radius 3 is 2.87 bits per heavy atom. The van der Waals surface area contributed by atoms with Gasteiger partial charge in [-0.1, -0.05) is 18.3 Å². The predicted molar refractivity (Wildman–Crippen MR) is 60.4 cm³/mol. The first-order chi connectivity index (χ1) is 7.16. The zero-order valence-electron chi connectivity index (χ0n) is 8.34. The number of pyridine rings is 1. The Balaban J connectivity index is 2.94. The van der Waals surface area contributed by atoms with Crippen molar-refractivity contribution in [3.63, 3.8) is 0 Å². The molecule has 1 heterocycles. The highest BCUT2D eigenvalue weighted by molar-refractivity contribution is 7.80. The number of carbonyl (C=O) groups excluding carboxylic acids is 1. The lowest BCUT2D eigenvalue weighted by atomic mass is 10.1. The molecule has 0 aliphatic carbocycles. The Morgan fingerprint density at radius 2 is 2.40 bits per heavy atom. The van der Waals surface area contributed by atoms with Crippen LogP contribution in [0, 0.1) is 0 Å². The Morgan fingerprint density at radius 1 is 1.67 bits per heavy atom. The van der Waals surface area contributed by atoms with Crippen LogP contribution in [0.25, 0.3) is 0 Å². The molecular weight excluding hydrogens is 212 g/mol. The van der Waals surface area contributed by atoms with Crippen LogP contribution in [0.5, 0.6) is 0 Å². The maximum atomic E-state index is 11.6. The lowest BCUT2D eigenvalue weighted by Gasteiger charge is -2.12. The smallest absolute Gasteiger partial charge is 0.321 e. The molecule has 4 nitrogen and oxygen atoms in total. The first-order valence-corrected chi connectivity index (χ1v) is 4.94. The van der Waals surface area contributed by atoms with Crippen LogP contribution in [0.2, 0.25) is 0 Å². The third kappa shape index (κ3) is 2.99. The van der Waals surface area contributed by atoms with Gasteiger partial charge in [-0.15, -0.1) is 0 Å². The Bertz CT molecular complexity index is 354. The van der Waals surface area contributed by atoms with Gasteiger partial charge in [0.1, 0.15) is 5.92 Å². The highest BCUT2D eigenvalue weighted by Gasteiger charge is 2.25. The maximum Gasteiger partial charge on any atom is 0.321 e. The van der Waals surface area contributed by atoms with E-state index in [4.69, 9.17) is 22.7 Å². The first kappa shape index (κ1) is 11.6. The number of hydrogen-bond donors (Lipinski definition) is 1. The molecule has 0 spiro atoms. The summed E-state index contributed by atoms with van der Waals surface area (Å²) in [6, 6.07) is 5.22. The standard InChI is InChI=1S/C10H12N2O2S/c1-2-14-10(13)8(9(11)15)7-5-3-4-6-12-7/h3-6,8H,2H2,1H3,(H2,11,15). The highest BCUT2D eigenvalue weighted by atomic mass is 32.1. The quantitative estimate of drug-likeness (QED) is 0.611. The molecule has 5 heteroatoms. The van der Waals surface area contributed by atoms with E-state index in [1.807, 2.05) is 0 Å². The molecule has 1 rings (SSSR count). The minimum Gasteiger partial charge on any atom is -0.465 e. The number of nitrogens with two attached hydrogens (primary N) is 1. The van der Waals surface area contributed by atoms with Gasteiger partial charge in [0, 0.05) is 6.20 Å². The predicted octanol–water partition coefficient (Wildman–Crippen LogP) is 1.01. The van der Waals surface area contributed by atoms with Gasteiger partial charge in [-0.05, 0) is 19.1 Å². The van der Waals surface area contributed by atoms with Crippen LogP contribution in [0.1, 0.15) is 18.5 Å². The molecule has 80 valence electrons. The summed E-state index contributed by atoms with van der Waals surface area (Å²) in [5.74, 6) is -1.20. The number of aromatic nitrogens is 1. The molecule has 0 aromatic carbocycles. The summed E-state index contributed by atoms with van der Waals surface area (Å²) in [5.41, 5.74) is 6.01. The molecule has 1 aromatic rings. The molecule has 0 bridgehead atoms. The average molecular weight is 224 g/mol.